The van der Waals surface area contributed by atoms with E-state index >= 15 is 0 Å². The Labute approximate surface area is 184 Å². The minimum absolute atomic E-state index is 0.0365. The van der Waals surface area contributed by atoms with Crippen LogP contribution in [0.1, 0.15) is 34.1 Å². The number of carboxylic acid groups (broad SMARTS) is 1. The summed E-state index contributed by atoms with van der Waals surface area (Å²) in [6.07, 6.45) is 0.228. The monoisotopic (exact) mass is 479 g/mol. The molecule has 7 nitrogen and oxygen atoms in total. The molecular weight excluding hydrogens is 450 g/mol. The zero-order valence-corrected chi connectivity index (χ0v) is 21.0. The number of imide groups is 1. The lowest BCUT2D eigenvalue weighted by Gasteiger charge is -2.49. The molecule has 2 amide bonds. The smallest absolute Gasteiger partial charge is 0.395 e. The second-order valence-corrected chi connectivity index (χ2v) is 17.3. The van der Waals surface area contributed by atoms with E-state index in [1.165, 1.54) is 11.8 Å². The van der Waals surface area contributed by atoms with E-state index in [2.05, 4.69) is 33.9 Å². The van der Waals surface area contributed by atoms with Gasteiger partial charge in [0.15, 0.2) is 8.32 Å². The van der Waals surface area contributed by atoms with E-state index in [-0.39, 0.29) is 11.0 Å². The third-order valence-corrected chi connectivity index (χ3v) is 13.9. The second kappa shape index (κ2) is 8.86. The Morgan fingerprint density at radius 2 is 1.97 bits per heavy atom. The van der Waals surface area contributed by atoms with E-state index in [4.69, 9.17) is 21.8 Å². The molecule has 0 aliphatic carbocycles. The molecule has 2 aliphatic rings. The quantitative estimate of drug-likeness (QED) is 0.278. The van der Waals surface area contributed by atoms with Crippen LogP contribution in [0.3, 0.4) is 0 Å². The lowest BCUT2D eigenvalue weighted by atomic mass is 9.92. The molecule has 164 valence electrons. The zero-order chi connectivity index (χ0) is 22.3. The van der Waals surface area contributed by atoms with Gasteiger partial charge in [-0.15, -0.1) is 0 Å². The van der Waals surface area contributed by atoms with Crippen LogP contribution in [-0.2, 0) is 29.6 Å². The summed E-state index contributed by atoms with van der Waals surface area (Å²) >= 11 is 6.66. The van der Waals surface area contributed by atoms with Crippen molar-refractivity contribution >= 4 is 65.1 Å². The van der Waals surface area contributed by atoms with Crippen molar-refractivity contribution in [1.29, 1.82) is 0 Å². The Morgan fingerprint density at radius 3 is 2.41 bits per heavy atom. The molecule has 0 aromatic heterocycles. The molecule has 2 unspecified atom stereocenters. The summed E-state index contributed by atoms with van der Waals surface area (Å²) in [6, 6.07) is 0. The van der Waals surface area contributed by atoms with Crippen molar-refractivity contribution in [2.75, 3.05) is 11.5 Å². The van der Waals surface area contributed by atoms with E-state index in [0.717, 1.165) is 4.90 Å². The molecule has 0 saturated carbocycles. The van der Waals surface area contributed by atoms with Gasteiger partial charge < -0.3 is 9.53 Å². The molecule has 0 radical (unpaired) electrons. The van der Waals surface area contributed by atoms with E-state index in [9.17, 15) is 18.6 Å². The van der Waals surface area contributed by atoms with Crippen LogP contribution in [0.5, 0.6) is 0 Å². The molecule has 2 aliphatic heterocycles. The summed E-state index contributed by atoms with van der Waals surface area (Å²) in [6.45, 7) is 12.2. The molecule has 2 fully saturated rings. The van der Waals surface area contributed by atoms with Gasteiger partial charge in [-0.2, -0.15) is 0 Å². The maximum absolute atomic E-state index is 12.7. The first-order valence-electron chi connectivity index (χ1n) is 9.51. The molecular formula is C18H29NO6S3Si. The Morgan fingerprint density at radius 1 is 1.38 bits per heavy atom. The molecule has 0 aromatic rings. The van der Waals surface area contributed by atoms with Crippen LogP contribution in [0.25, 0.3) is 0 Å². The highest BCUT2D eigenvalue weighted by molar-refractivity contribution is 8.23. The van der Waals surface area contributed by atoms with Crippen LogP contribution in [0.2, 0.25) is 18.1 Å². The van der Waals surface area contributed by atoms with Crippen molar-refractivity contribution in [1.82, 2.24) is 4.90 Å². The molecule has 1 N–H and O–H groups in total. The van der Waals surface area contributed by atoms with Gasteiger partial charge >= 0.3 is 11.9 Å². The van der Waals surface area contributed by atoms with Gasteiger partial charge in [0.05, 0.1) is 16.2 Å². The number of hydrogen-bond donors (Lipinski definition) is 1. The number of carbonyl (C=O) groups is 3. The largest absolute Gasteiger partial charge is 0.474 e. The van der Waals surface area contributed by atoms with Gasteiger partial charge in [-0.05, 0) is 31.5 Å². The Hall–Kier alpha value is -0.623. The number of carboxylic acids is 1. The third kappa shape index (κ3) is 5.17. The highest BCUT2D eigenvalue weighted by atomic mass is 32.2. The summed E-state index contributed by atoms with van der Waals surface area (Å²) in [7, 11) is -3.08. The van der Waals surface area contributed by atoms with Crippen LogP contribution in [0.15, 0.2) is 0 Å². The summed E-state index contributed by atoms with van der Waals surface area (Å²) in [5, 5.41) is 8.33. The maximum Gasteiger partial charge on any atom is 0.395 e. The van der Waals surface area contributed by atoms with Gasteiger partial charge in [0.25, 0.3) is 0 Å². The van der Waals surface area contributed by atoms with Gasteiger partial charge in [-0.3, -0.25) is 18.7 Å². The van der Waals surface area contributed by atoms with Crippen molar-refractivity contribution in [2.45, 2.75) is 63.7 Å². The van der Waals surface area contributed by atoms with E-state index in [0.29, 0.717) is 22.1 Å². The van der Waals surface area contributed by atoms with Gasteiger partial charge in [0, 0.05) is 28.2 Å². The minimum atomic E-state index is -2.17. The molecule has 5 atom stereocenters. The number of amides is 2. The minimum Gasteiger partial charge on any atom is -0.474 e. The van der Waals surface area contributed by atoms with Gasteiger partial charge in [-0.25, -0.2) is 4.79 Å². The summed E-state index contributed by atoms with van der Waals surface area (Å²) in [5.41, 5.74) is 0. The summed E-state index contributed by atoms with van der Waals surface area (Å²) in [4.78, 5) is 36.8. The number of rotatable bonds is 5. The lowest BCUT2D eigenvalue weighted by Crippen LogP contribution is -2.67. The van der Waals surface area contributed by atoms with Crippen LogP contribution in [0, 0.1) is 11.8 Å². The Balaban J connectivity index is 2.21. The Bertz CT molecular complexity index is 750. The number of aliphatic carboxylic acids is 1. The van der Waals surface area contributed by atoms with Crippen molar-refractivity contribution < 1.29 is 28.1 Å². The molecule has 0 spiro atoms. The first-order chi connectivity index (χ1) is 13.2. The van der Waals surface area contributed by atoms with Crippen molar-refractivity contribution in [3.63, 3.8) is 0 Å². The second-order valence-electron chi connectivity index (χ2n) is 9.05. The van der Waals surface area contributed by atoms with Crippen molar-refractivity contribution in [2.24, 2.45) is 11.8 Å². The van der Waals surface area contributed by atoms with Crippen LogP contribution in [0.4, 0.5) is 0 Å². The Kier molecular flexibility index (Phi) is 7.53. The normalized spacial score (nSPS) is 28.8. The maximum atomic E-state index is 12.7. The zero-order valence-electron chi connectivity index (χ0n) is 17.6. The number of likely N-dealkylation sites (tertiary alicyclic amines) is 1. The fourth-order valence-electron chi connectivity index (χ4n) is 3.14. The number of β-lactam (4-membered cyclic amide) rings is 1. The first kappa shape index (κ1) is 24.6. The van der Waals surface area contributed by atoms with E-state index in [1.54, 1.807) is 6.92 Å². The van der Waals surface area contributed by atoms with Gasteiger partial charge in [0.1, 0.15) is 5.37 Å². The molecule has 29 heavy (non-hydrogen) atoms. The third-order valence-electron chi connectivity index (χ3n) is 5.93. The van der Waals surface area contributed by atoms with Crippen LogP contribution in [-0.4, -0.2) is 67.5 Å². The van der Waals surface area contributed by atoms with Crippen LogP contribution < -0.4 is 0 Å². The molecule has 2 heterocycles. The standard InChI is InChI=1S/C18H29NO6S3Si/c1-10(25-29(5,6)18(2,3)4)12-13(20)19(14(21)16(22)23)15(12)27-17(26)11-7-8-28(24)9-11/h10-12,15H,7-9H2,1-6H3,(H,22,23)/t10-,11?,12+,15-,28?/m1/s1. The fraction of sp³-hybridized carbons (Fsp3) is 0.778. The SMILES string of the molecule is C[C@@H](O[Si](C)(C)C(C)(C)C)[C@H]1C(=O)N(C(=O)C(=O)O)[C@@H]1SC(=S)C1CCS(=O)C1. The number of hydrogen-bond acceptors (Lipinski definition) is 7. The first-order valence-corrected chi connectivity index (χ1v) is 15.2. The fourth-order valence-corrected chi connectivity index (χ4v) is 8.20. The van der Waals surface area contributed by atoms with Gasteiger partial charge in [0.2, 0.25) is 5.91 Å². The summed E-state index contributed by atoms with van der Waals surface area (Å²) < 4.78 is 18.6. The molecule has 2 rings (SSSR count). The summed E-state index contributed by atoms with van der Waals surface area (Å²) in [5.74, 6) is -3.10. The number of nitrogens with zero attached hydrogens (tertiary/aromatic N) is 1. The predicted octanol–water partition coefficient (Wildman–Crippen LogP) is 2.62. The number of thiocarbonyl (C=S) groups is 1. The number of carbonyl (C=O) groups excluding carboxylic acids is 2. The van der Waals surface area contributed by atoms with Crippen LogP contribution >= 0.6 is 24.0 Å². The number of thioether (sulfide) groups is 1. The lowest BCUT2D eigenvalue weighted by molar-refractivity contribution is -0.172. The average Bonchev–Trinajstić information content (AvgIpc) is 2.99. The molecule has 0 aromatic carbocycles. The highest BCUT2D eigenvalue weighted by Gasteiger charge is 2.57. The predicted molar refractivity (Wildman–Crippen MR) is 121 cm³/mol. The van der Waals surface area contributed by atoms with E-state index < -0.39 is 54.3 Å². The topological polar surface area (TPSA) is 101 Å². The molecule has 2 saturated heterocycles. The average molecular weight is 480 g/mol. The molecule has 11 heteroatoms. The van der Waals surface area contributed by atoms with Gasteiger partial charge in [-0.1, -0.05) is 44.8 Å². The van der Waals surface area contributed by atoms with Crippen molar-refractivity contribution in [3.8, 4) is 0 Å². The highest BCUT2D eigenvalue weighted by Crippen LogP contribution is 2.44. The molecule has 0 bridgehead atoms. The van der Waals surface area contributed by atoms with Crippen molar-refractivity contribution in [3.05, 3.63) is 0 Å². The van der Waals surface area contributed by atoms with E-state index in [1.807, 2.05) is 0 Å².